The Bertz CT molecular complexity index is 618. The van der Waals surface area contributed by atoms with Crippen LogP contribution >= 0.6 is 22.6 Å². The van der Waals surface area contributed by atoms with Gasteiger partial charge in [-0.1, -0.05) is 0 Å². The van der Waals surface area contributed by atoms with Crippen LogP contribution in [0.25, 0.3) is 11.0 Å². The molecule has 1 N–H and O–H groups in total. The first-order valence-corrected chi connectivity index (χ1v) is 6.95. The molecular formula is C12H12IN3O2. The molecule has 1 aromatic carbocycles. The van der Waals surface area contributed by atoms with Gasteiger partial charge in [0.05, 0.1) is 0 Å². The van der Waals surface area contributed by atoms with E-state index in [1.54, 1.807) is 0 Å². The van der Waals surface area contributed by atoms with Crippen molar-refractivity contribution in [3.05, 3.63) is 32.3 Å². The molecular weight excluding hydrogens is 345 g/mol. The maximum absolute atomic E-state index is 11.7. The van der Waals surface area contributed by atoms with Gasteiger partial charge in [-0.05, 0) is 47.2 Å². The highest BCUT2D eigenvalue weighted by atomic mass is 127. The largest absolute Gasteiger partial charge is 0.594 e. The topological polar surface area (TPSA) is 73.0 Å². The molecule has 18 heavy (non-hydrogen) atoms. The van der Waals surface area contributed by atoms with E-state index in [1.807, 2.05) is 34.7 Å². The Kier molecular flexibility index (Phi) is 3.06. The van der Waals surface area contributed by atoms with Gasteiger partial charge in [0.2, 0.25) is 0 Å². The minimum atomic E-state index is 0.220. The maximum Gasteiger partial charge on any atom is 0.270 e. The Morgan fingerprint density at radius 3 is 2.83 bits per heavy atom. The normalized spacial score (nSPS) is 18.2. The Hall–Kier alpha value is -1.02. The molecule has 2 aromatic rings. The number of nitrogens with zero attached hydrogens (tertiary/aromatic N) is 3. The Balaban J connectivity index is 2.08. The zero-order valence-electron chi connectivity index (χ0n) is 9.64. The SMILES string of the molecule is [O-][n+]1nc(I)nc2cc3c(cc21)CC(CCO)C3. The summed E-state index contributed by atoms with van der Waals surface area (Å²) in [7, 11) is 0. The number of benzene rings is 1. The van der Waals surface area contributed by atoms with E-state index < -0.39 is 0 Å². The van der Waals surface area contributed by atoms with Crippen molar-refractivity contribution in [1.82, 2.24) is 10.1 Å². The second-order valence-corrected chi connectivity index (χ2v) is 5.61. The van der Waals surface area contributed by atoms with Crippen molar-refractivity contribution in [2.24, 2.45) is 5.92 Å². The van der Waals surface area contributed by atoms with Crippen molar-refractivity contribution >= 4 is 33.6 Å². The summed E-state index contributed by atoms with van der Waals surface area (Å²) in [6, 6.07) is 3.88. The summed E-state index contributed by atoms with van der Waals surface area (Å²) in [5.74, 6) is 0.481. The van der Waals surface area contributed by atoms with Crippen molar-refractivity contribution in [3.63, 3.8) is 0 Å². The van der Waals surface area contributed by atoms with E-state index in [1.165, 1.54) is 11.1 Å². The van der Waals surface area contributed by atoms with E-state index in [9.17, 15) is 5.21 Å². The molecule has 1 aromatic heterocycles. The molecule has 0 saturated heterocycles. The first-order chi connectivity index (χ1) is 8.67. The third-order valence-corrected chi connectivity index (χ3v) is 3.90. The van der Waals surface area contributed by atoms with Crippen molar-refractivity contribution in [2.75, 3.05) is 6.61 Å². The molecule has 0 spiro atoms. The summed E-state index contributed by atoms with van der Waals surface area (Å²) in [5.41, 5.74) is 3.66. The monoisotopic (exact) mass is 357 g/mol. The molecule has 1 heterocycles. The van der Waals surface area contributed by atoms with Crippen LogP contribution < -0.4 is 4.85 Å². The van der Waals surface area contributed by atoms with Crippen LogP contribution in [0.5, 0.6) is 0 Å². The van der Waals surface area contributed by atoms with Gasteiger partial charge in [-0.15, -0.1) is 0 Å². The van der Waals surface area contributed by atoms with E-state index in [0.29, 0.717) is 25.6 Å². The van der Waals surface area contributed by atoms with Gasteiger partial charge in [-0.2, -0.15) is 0 Å². The lowest BCUT2D eigenvalue weighted by Gasteiger charge is -2.03. The third kappa shape index (κ3) is 2.03. The standard InChI is InChI=1S/C12H12IN3O2/c13-12-14-10-5-8-3-7(1-2-17)4-9(8)6-11(10)16(18)15-12/h5-7,17H,1-4H2. The van der Waals surface area contributed by atoms with Crippen molar-refractivity contribution in [1.29, 1.82) is 0 Å². The molecule has 0 amide bonds. The fourth-order valence-electron chi connectivity index (χ4n) is 2.62. The molecule has 0 fully saturated rings. The van der Waals surface area contributed by atoms with E-state index in [4.69, 9.17) is 5.11 Å². The molecule has 1 unspecified atom stereocenters. The Labute approximate surface area is 118 Å². The van der Waals surface area contributed by atoms with Gasteiger partial charge in [-0.3, -0.25) is 0 Å². The quantitative estimate of drug-likeness (QED) is 0.494. The van der Waals surface area contributed by atoms with Crippen LogP contribution in [0.1, 0.15) is 17.5 Å². The first kappa shape index (κ1) is 12.0. The van der Waals surface area contributed by atoms with Gasteiger partial charge in [0, 0.05) is 40.4 Å². The number of aliphatic hydroxyl groups is 1. The highest BCUT2D eigenvalue weighted by Crippen LogP contribution is 2.30. The van der Waals surface area contributed by atoms with Crippen LogP contribution in [-0.2, 0) is 12.8 Å². The highest BCUT2D eigenvalue weighted by Gasteiger charge is 2.24. The zero-order valence-corrected chi connectivity index (χ0v) is 11.8. The molecule has 1 aliphatic carbocycles. The van der Waals surface area contributed by atoms with Gasteiger partial charge in [0.15, 0.2) is 0 Å². The van der Waals surface area contributed by atoms with Crippen LogP contribution in [-0.4, -0.2) is 21.8 Å². The summed E-state index contributed by atoms with van der Waals surface area (Å²) in [6.45, 7) is 0.220. The lowest BCUT2D eigenvalue weighted by atomic mass is 10.0. The predicted octanol–water partition coefficient (Wildman–Crippen LogP) is 0.965. The van der Waals surface area contributed by atoms with Crippen LogP contribution in [0.2, 0.25) is 0 Å². The smallest absolute Gasteiger partial charge is 0.270 e. The minimum absolute atomic E-state index is 0.220. The number of aromatic nitrogens is 3. The molecule has 0 bridgehead atoms. The van der Waals surface area contributed by atoms with Crippen molar-refractivity contribution < 1.29 is 9.95 Å². The lowest BCUT2D eigenvalue weighted by molar-refractivity contribution is -0.644. The summed E-state index contributed by atoms with van der Waals surface area (Å²) in [4.78, 5) is 4.93. The average Bonchev–Trinajstić information content (AvgIpc) is 2.68. The Morgan fingerprint density at radius 2 is 2.11 bits per heavy atom. The molecule has 0 radical (unpaired) electrons. The number of fused-ring (bicyclic) bond motifs is 2. The molecule has 94 valence electrons. The van der Waals surface area contributed by atoms with Gasteiger partial charge in [-0.25, -0.2) is 4.98 Å². The van der Waals surface area contributed by atoms with Gasteiger partial charge >= 0.3 is 0 Å². The summed E-state index contributed by atoms with van der Waals surface area (Å²) in [5, 5.41) is 24.5. The Morgan fingerprint density at radius 1 is 1.39 bits per heavy atom. The van der Waals surface area contributed by atoms with E-state index in [2.05, 4.69) is 10.1 Å². The van der Waals surface area contributed by atoms with Gasteiger partial charge < -0.3 is 10.3 Å². The summed E-state index contributed by atoms with van der Waals surface area (Å²) >= 11 is 1.94. The number of aliphatic hydroxyl groups excluding tert-OH is 1. The maximum atomic E-state index is 11.7. The number of hydrogen-bond donors (Lipinski definition) is 1. The molecule has 0 saturated carbocycles. The zero-order chi connectivity index (χ0) is 12.7. The molecule has 1 atom stereocenters. The molecule has 1 aliphatic rings. The number of hydrogen-bond acceptors (Lipinski definition) is 4. The summed E-state index contributed by atoms with van der Waals surface area (Å²) in [6.07, 6.45) is 2.70. The first-order valence-electron chi connectivity index (χ1n) is 5.87. The van der Waals surface area contributed by atoms with Gasteiger partial charge in [0.25, 0.3) is 9.35 Å². The number of rotatable bonds is 2. The van der Waals surface area contributed by atoms with Crippen LogP contribution in [0.4, 0.5) is 0 Å². The van der Waals surface area contributed by atoms with E-state index in [-0.39, 0.29) is 6.61 Å². The second-order valence-electron chi connectivity index (χ2n) is 4.65. The predicted molar refractivity (Wildman–Crippen MR) is 73.8 cm³/mol. The molecule has 0 aliphatic heterocycles. The van der Waals surface area contributed by atoms with Crippen LogP contribution in [0, 0.1) is 15.0 Å². The van der Waals surface area contributed by atoms with Crippen LogP contribution in [0.3, 0.4) is 0 Å². The van der Waals surface area contributed by atoms with E-state index >= 15 is 0 Å². The number of halogens is 1. The molecule has 6 heteroatoms. The highest BCUT2D eigenvalue weighted by molar-refractivity contribution is 14.1. The van der Waals surface area contributed by atoms with Crippen LogP contribution in [0.15, 0.2) is 12.1 Å². The molecule has 3 rings (SSSR count). The summed E-state index contributed by atoms with van der Waals surface area (Å²) < 4.78 is 0.458. The van der Waals surface area contributed by atoms with Crippen molar-refractivity contribution in [2.45, 2.75) is 19.3 Å². The fourth-order valence-corrected chi connectivity index (χ4v) is 3.07. The van der Waals surface area contributed by atoms with Gasteiger partial charge in [0.1, 0.15) is 5.52 Å². The third-order valence-electron chi connectivity index (χ3n) is 3.44. The van der Waals surface area contributed by atoms with Crippen molar-refractivity contribution in [3.8, 4) is 0 Å². The minimum Gasteiger partial charge on any atom is -0.594 e. The second kappa shape index (κ2) is 4.58. The lowest BCUT2D eigenvalue weighted by Crippen LogP contribution is -2.33. The van der Waals surface area contributed by atoms with E-state index in [0.717, 1.165) is 19.3 Å². The fraction of sp³-hybridized carbons (Fsp3) is 0.417. The average molecular weight is 357 g/mol. The molecule has 5 nitrogen and oxygen atoms in total.